The number of pyridine rings is 1. The van der Waals surface area contributed by atoms with E-state index in [2.05, 4.69) is 27.4 Å². The molecule has 6 nitrogen and oxygen atoms in total. The largest absolute Gasteiger partial charge is 0.508 e. The SMILES string of the molecule is CCSC(c1nnc(-c2ccc(CNc3ccccn3)cc2)o1)c1ccccc1O. The fourth-order valence-corrected chi connectivity index (χ4v) is 4.00. The van der Waals surface area contributed by atoms with E-state index in [0.717, 1.165) is 28.3 Å². The van der Waals surface area contributed by atoms with E-state index in [1.165, 1.54) is 0 Å². The molecule has 1 atom stereocenters. The number of rotatable bonds is 8. The second-order valence-corrected chi connectivity index (χ2v) is 7.99. The molecule has 7 heteroatoms. The number of aromatic hydroxyl groups is 1. The van der Waals surface area contributed by atoms with Gasteiger partial charge in [-0.15, -0.1) is 22.0 Å². The van der Waals surface area contributed by atoms with E-state index in [9.17, 15) is 5.11 Å². The molecule has 0 aliphatic carbocycles. The van der Waals surface area contributed by atoms with Crippen molar-refractivity contribution < 1.29 is 9.52 Å². The smallest absolute Gasteiger partial charge is 0.247 e. The third kappa shape index (κ3) is 4.63. The number of anilines is 1. The third-order valence-corrected chi connectivity index (χ3v) is 5.68. The van der Waals surface area contributed by atoms with Crippen LogP contribution in [0.4, 0.5) is 5.82 Å². The van der Waals surface area contributed by atoms with Crippen LogP contribution >= 0.6 is 11.8 Å². The van der Waals surface area contributed by atoms with Gasteiger partial charge in [0.15, 0.2) is 0 Å². The minimum absolute atomic E-state index is 0.209. The van der Waals surface area contributed by atoms with E-state index in [4.69, 9.17) is 4.42 Å². The second-order valence-electron chi connectivity index (χ2n) is 6.61. The number of nitrogens with zero attached hydrogens (tertiary/aromatic N) is 3. The Morgan fingerprint density at radius 2 is 1.80 bits per heavy atom. The summed E-state index contributed by atoms with van der Waals surface area (Å²) >= 11 is 1.64. The number of hydrogen-bond acceptors (Lipinski definition) is 7. The first kappa shape index (κ1) is 20.0. The quantitative estimate of drug-likeness (QED) is 0.402. The number of nitrogens with one attached hydrogen (secondary N) is 1. The lowest BCUT2D eigenvalue weighted by Gasteiger charge is -2.13. The topological polar surface area (TPSA) is 84.1 Å². The second kappa shape index (κ2) is 9.45. The molecule has 1 unspecified atom stereocenters. The molecular formula is C23H22N4O2S. The first-order chi connectivity index (χ1) is 14.7. The van der Waals surface area contributed by atoms with Gasteiger partial charge in [0.1, 0.15) is 16.8 Å². The van der Waals surface area contributed by atoms with Crippen LogP contribution in [-0.4, -0.2) is 26.0 Å². The Balaban J connectivity index is 1.49. The van der Waals surface area contributed by atoms with Crippen LogP contribution in [-0.2, 0) is 6.54 Å². The Hall–Kier alpha value is -3.32. The molecule has 2 aromatic heterocycles. The zero-order valence-electron chi connectivity index (χ0n) is 16.5. The van der Waals surface area contributed by atoms with Crippen molar-refractivity contribution in [3.8, 4) is 17.2 Å². The van der Waals surface area contributed by atoms with Gasteiger partial charge in [-0.1, -0.05) is 43.3 Å². The number of hydrogen-bond donors (Lipinski definition) is 2. The number of phenols is 1. The lowest BCUT2D eigenvalue weighted by Crippen LogP contribution is -2.00. The third-order valence-electron chi connectivity index (χ3n) is 4.56. The summed E-state index contributed by atoms with van der Waals surface area (Å²) in [5.41, 5.74) is 2.75. The van der Waals surface area contributed by atoms with Crippen molar-refractivity contribution in [3.63, 3.8) is 0 Å². The van der Waals surface area contributed by atoms with E-state index in [1.807, 2.05) is 54.6 Å². The highest BCUT2D eigenvalue weighted by Crippen LogP contribution is 2.39. The summed E-state index contributed by atoms with van der Waals surface area (Å²) in [4.78, 5) is 4.26. The van der Waals surface area contributed by atoms with Crippen LogP contribution in [0.1, 0.15) is 29.2 Å². The molecule has 30 heavy (non-hydrogen) atoms. The number of phenolic OH excluding ortho intramolecular Hbond substituents is 1. The lowest BCUT2D eigenvalue weighted by atomic mass is 10.1. The van der Waals surface area contributed by atoms with Gasteiger partial charge in [0.05, 0.1) is 0 Å². The highest BCUT2D eigenvalue weighted by Gasteiger charge is 2.23. The molecular weight excluding hydrogens is 396 g/mol. The molecule has 2 heterocycles. The molecule has 0 bridgehead atoms. The van der Waals surface area contributed by atoms with E-state index < -0.39 is 0 Å². The summed E-state index contributed by atoms with van der Waals surface area (Å²) in [6, 6.07) is 21.0. The zero-order chi connectivity index (χ0) is 20.8. The molecule has 4 rings (SSSR count). The normalized spacial score (nSPS) is 11.9. The van der Waals surface area contributed by atoms with E-state index in [0.29, 0.717) is 18.3 Å². The molecule has 0 amide bonds. The maximum atomic E-state index is 10.2. The van der Waals surface area contributed by atoms with Gasteiger partial charge >= 0.3 is 0 Å². The maximum Gasteiger partial charge on any atom is 0.247 e. The minimum Gasteiger partial charge on any atom is -0.508 e. The number of para-hydroxylation sites is 1. The van der Waals surface area contributed by atoms with Crippen molar-refractivity contribution in [2.24, 2.45) is 0 Å². The first-order valence-electron chi connectivity index (χ1n) is 9.71. The Bertz CT molecular complexity index is 1080. The summed E-state index contributed by atoms with van der Waals surface area (Å²) in [5, 5.41) is 21.8. The zero-order valence-corrected chi connectivity index (χ0v) is 17.3. The van der Waals surface area contributed by atoms with Crippen LogP contribution in [0.15, 0.2) is 77.3 Å². The molecule has 4 aromatic rings. The van der Waals surface area contributed by atoms with Gasteiger partial charge in [-0.2, -0.15) is 0 Å². The Labute approximate surface area is 179 Å². The van der Waals surface area contributed by atoms with Gasteiger partial charge in [0, 0.05) is 23.9 Å². The standard InChI is InChI=1S/C23H22N4O2S/c1-2-30-21(18-7-3-4-8-19(18)28)23-27-26-22(29-23)17-12-10-16(11-13-17)15-25-20-9-5-6-14-24-20/h3-14,21,28H,2,15H2,1H3,(H,24,25). The first-order valence-corrected chi connectivity index (χ1v) is 10.8. The summed E-state index contributed by atoms with van der Waals surface area (Å²) in [6.07, 6.45) is 1.76. The van der Waals surface area contributed by atoms with Crippen LogP contribution < -0.4 is 5.32 Å². The van der Waals surface area contributed by atoms with Gasteiger partial charge in [-0.25, -0.2) is 4.98 Å². The van der Waals surface area contributed by atoms with Gasteiger partial charge in [0.2, 0.25) is 11.8 Å². The maximum absolute atomic E-state index is 10.2. The molecule has 0 radical (unpaired) electrons. The highest BCUT2D eigenvalue weighted by molar-refractivity contribution is 7.99. The van der Waals surface area contributed by atoms with Gasteiger partial charge in [0.25, 0.3) is 0 Å². The predicted molar refractivity (Wildman–Crippen MR) is 119 cm³/mol. The van der Waals surface area contributed by atoms with Gasteiger partial charge < -0.3 is 14.8 Å². The summed E-state index contributed by atoms with van der Waals surface area (Å²) in [5.74, 6) is 2.87. The average Bonchev–Trinajstić information content (AvgIpc) is 3.28. The Morgan fingerprint density at radius 1 is 1.00 bits per heavy atom. The van der Waals surface area contributed by atoms with E-state index in [-0.39, 0.29) is 11.0 Å². The number of benzene rings is 2. The molecule has 0 aliphatic heterocycles. The summed E-state index contributed by atoms with van der Waals surface area (Å²) in [7, 11) is 0. The number of thioether (sulfide) groups is 1. The van der Waals surface area contributed by atoms with Crippen molar-refractivity contribution in [2.45, 2.75) is 18.7 Å². The van der Waals surface area contributed by atoms with Crippen molar-refractivity contribution in [3.05, 3.63) is 89.9 Å². The Morgan fingerprint density at radius 3 is 2.53 bits per heavy atom. The molecule has 152 valence electrons. The van der Waals surface area contributed by atoms with Gasteiger partial charge in [-0.05, 0) is 41.6 Å². The summed E-state index contributed by atoms with van der Waals surface area (Å²) in [6.45, 7) is 2.74. The van der Waals surface area contributed by atoms with Crippen LogP contribution in [0.5, 0.6) is 5.75 Å². The molecule has 0 spiro atoms. The van der Waals surface area contributed by atoms with Crippen molar-refractivity contribution in [2.75, 3.05) is 11.1 Å². The molecule has 0 saturated heterocycles. The fraction of sp³-hybridized carbons (Fsp3) is 0.174. The van der Waals surface area contributed by atoms with Crippen molar-refractivity contribution in [1.29, 1.82) is 0 Å². The monoisotopic (exact) mass is 418 g/mol. The van der Waals surface area contributed by atoms with Gasteiger partial charge in [-0.3, -0.25) is 0 Å². The molecule has 0 fully saturated rings. The van der Waals surface area contributed by atoms with Crippen LogP contribution in [0.3, 0.4) is 0 Å². The average molecular weight is 419 g/mol. The van der Waals surface area contributed by atoms with E-state index in [1.54, 1.807) is 30.1 Å². The van der Waals surface area contributed by atoms with Crippen LogP contribution in [0.25, 0.3) is 11.5 Å². The van der Waals surface area contributed by atoms with Crippen molar-refractivity contribution in [1.82, 2.24) is 15.2 Å². The number of aromatic nitrogens is 3. The summed E-state index contributed by atoms with van der Waals surface area (Å²) < 4.78 is 5.98. The lowest BCUT2D eigenvalue weighted by molar-refractivity contribution is 0.461. The molecule has 2 aromatic carbocycles. The van der Waals surface area contributed by atoms with E-state index >= 15 is 0 Å². The molecule has 0 saturated carbocycles. The Kier molecular flexibility index (Phi) is 6.29. The highest BCUT2D eigenvalue weighted by atomic mass is 32.2. The predicted octanol–water partition coefficient (Wildman–Crippen LogP) is 5.29. The van der Waals surface area contributed by atoms with Crippen LogP contribution in [0.2, 0.25) is 0 Å². The van der Waals surface area contributed by atoms with Crippen molar-refractivity contribution >= 4 is 17.6 Å². The minimum atomic E-state index is -0.209. The fourth-order valence-electron chi connectivity index (χ4n) is 3.05. The van der Waals surface area contributed by atoms with Crippen LogP contribution in [0, 0.1) is 0 Å². The molecule has 2 N–H and O–H groups in total. The molecule has 0 aliphatic rings.